The van der Waals surface area contributed by atoms with Crippen LogP contribution in [0.4, 0.5) is 5.69 Å². The fourth-order valence-electron chi connectivity index (χ4n) is 4.67. The van der Waals surface area contributed by atoms with Gasteiger partial charge in [-0.15, -0.1) is 0 Å². The lowest BCUT2D eigenvalue weighted by Gasteiger charge is -2.39. The van der Waals surface area contributed by atoms with Gasteiger partial charge in [0.25, 0.3) is 0 Å². The number of benzene rings is 1. The molecule has 0 aliphatic carbocycles. The van der Waals surface area contributed by atoms with Crippen LogP contribution >= 0.6 is 0 Å². The number of aromatic nitrogens is 3. The number of nitrogens with zero attached hydrogens (tertiary/aromatic N) is 3. The Hall–Kier alpha value is -3.35. The molecule has 3 aromatic rings. The Balaban J connectivity index is 1.36. The molecule has 0 bridgehead atoms. The van der Waals surface area contributed by atoms with Crippen LogP contribution in [0.2, 0.25) is 0 Å². The van der Waals surface area contributed by atoms with Crippen molar-refractivity contribution in [1.82, 2.24) is 19.4 Å². The molecule has 2 aliphatic heterocycles. The van der Waals surface area contributed by atoms with Crippen LogP contribution in [0.1, 0.15) is 30.1 Å². The summed E-state index contributed by atoms with van der Waals surface area (Å²) in [7, 11) is 0. The molecule has 0 radical (unpaired) electrons. The van der Waals surface area contributed by atoms with Crippen LogP contribution in [0.15, 0.2) is 61.3 Å². The highest BCUT2D eigenvalue weighted by Crippen LogP contribution is 2.45. The smallest absolute Gasteiger partial charge is 0.246 e. The van der Waals surface area contributed by atoms with Gasteiger partial charge < -0.3 is 19.8 Å². The number of fused-ring (bicyclic) bond motifs is 2. The van der Waals surface area contributed by atoms with E-state index >= 15 is 0 Å². The quantitative estimate of drug-likeness (QED) is 0.719. The van der Waals surface area contributed by atoms with Crippen LogP contribution in [-0.4, -0.2) is 44.3 Å². The minimum atomic E-state index is -0.514. The molecule has 1 atom stereocenters. The molecule has 148 valence electrons. The maximum absolute atomic E-state index is 13.4. The number of amides is 2. The summed E-state index contributed by atoms with van der Waals surface area (Å²) >= 11 is 0. The second kappa shape index (κ2) is 6.92. The Kier molecular flexibility index (Phi) is 4.23. The second-order valence-electron chi connectivity index (χ2n) is 7.83. The Morgan fingerprint density at radius 2 is 1.90 bits per heavy atom. The van der Waals surface area contributed by atoms with Crippen LogP contribution in [0.3, 0.4) is 0 Å². The average molecular weight is 389 g/mol. The van der Waals surface area contributed by atoms with Gasteiger partial charge >= 0.3 is 0 Å². The molecule has 4 heterocycles. The van der Waals surface area contributed by atoms with Crippen molar-refractivity contribution < 1.29 is 9.59 Å². The lowest BCUT2D eigenvalue weighted by molar-refractivity contribution is -0.138. The van der Waals surface area contributed by atoms with Crippen molar-refractivity contribution >= 4 is 17.5 Å². The van der Waals surface area contributed by atoms with E-state index in [4.69, 9.17) is 0 Å². The average Bonchev–Trinajstić information content (AvgIpc) is 3.49. The van der Waals surface area contributed by atoms with E-state index in [2.05, 4.69) is 15.3 Å². The summed E-state index contributed by atoms with van der Waals surface area (Å²) < 4.78 is 1.95. The number of H-pyrrole nitrogens is 1. The molecule has 7 nitrogen and oxygen atoms in total. The van der Waals surface area contributed by atoms with E-state index < -0.39 is 5.41 Å². The molecular formula is C22H23N5O2. The van der Waals surface area contributed by atoms with E-state index in [1.165, 1.54) is 0 Å². The highest BCUT2D eigenvalue weighted by molar-refractivity contribution is 6.06. The molecule has 7 heteroatoms. The number of hydrogen-bond acceptors (Lipinski definition) is 3. The van der Waals surface area contributed by atoms with E-state index in [1.54, 1.807) is 12.5 Å². The summed E-state index contributed by atoms with van der Waals surface area (Å²) in [6.07, 6.45) is 9.07. The van der Waals surface area contributed by atoms with Gasteiger partial charge in [0.2, 0.25) is 11.8 Å². The summed E-state index contributed by atoms with van der Waals surface area (Å²) in [6.45, 7) is 1.14. The zero-order valence-corrected chi connectivity index (χ0v) is 16.0. The van der Waals surface area contributed by atoms with Gasteiger partial charge in [0, 0.05) is 49.5 Å². The number of rotatable bonds is 4. The number of likely N-dealkylation sites (tertiary alicyclic amines) is 1. The van der Waals surface area contributed by atoms with Gasteiger partial charge in [-0.1, -0.05) is 18.2 Å². The van der Waals surface area contributed by atoms with Gasteiger partial charge in [0.05, 0.1) is 11.7 Å². The number of piperidine rings is 1. The molecule has 2 N–H and O–H groups in total. The van der Waals surface area contributed by atoms with Gasteiger partial charge in [-0.3, -0.25) is 9.59 Å². The standard InChI is InChI=1S/C22H23N5O2/c28-20(19(26-9-3-4-10-26)13-16-14-23-15-24-16)27-11-7-22(8-12-27)17-5-1-2-6-18(17)25-21(22)29/h1-6,9-10,14-15,19H,7-8,11-13H2,(H,23,24)(H,25,29)/t19-/m1/s1. The van der Waals surface area contributed by atoms with E-state index in [1.807, 2.05) is 58.3 Å². The molecule has 29 heavy (non-hydrogen) atoms. The maximum Gasteiger partial charge on any atom is 0.246 e. The molecule has 2 aliphatic rings. The van der Waals surface area contributed by atoms with Crippen LogP contribution in [0, 0.1) is 0 Å². The second-order valence-corrected chi connectivity index (χ2v) is 7.83. The van der Waals surface area contributed by atoms with Crippen molar-refractivity contribution in [2.75, 3.05) is 18.4 Å². The lowest BCUT2D eigenvalue weighted by atomic mass is 9.73. The minimum Gasteiger partial charge on any atom is -0.348 e. The number of anilines is 1. The predicted molar refractivity (Wildman–Crippen MR) is 108 cm³/mol. The zero-order valence-electron chi connectivity index (χ0n) is 16.0. The number of hydrogen-bond donors (Lipinski definition) is 2. The minimum absolute atomic E-state index is 0.0604. The zero-order chi connectivity index (χ0) is 19.8. The summed E-state index contributed by atoms with van der Waals surface area (Å²) in [6, 6.07) is 11.4. The molecular weight excluding hydrogens is 366 g/mol. The summed E-state index contributed by atoms with van der Waals surface area (Å²) in [5, 5.41) is 3.02. The molecule has 1 saturated heterocycles. The number of para-hydroxylation sites is 1. The van der Waals surface area contributed by atoms with Gasteiger partial charge in [-0.05, 0) is 36.6 Å². The third kappa shape index (κ3) is 2.93. The van der Waals surface area contributed by atoms with E-state index in [9.17, 15) is 9.59 Å². The Morgan fingerprint density at radius 3 is 2.62 bits per heavy atom. The predicted octanol–water partition coefficient (Wildman–Crippen LogP) is 2.51. The normalized spacial score (nSPS) is 18.5. The van der Waals surface area contributed by atoms with Crippen LogP contribution < -0.4 is 5.32 Å². The number of carbonyl (C=O) groups excluding carboxylic acids is 2. The van der Waals surface area contributed by atoms with Gasteiger partial charge in [-0.25, -0.2) is 4.98 Å². The Bertz CT molecular complexity index is 1020. The van der Waals surface area contributed by atoms with Crippen molar-refractivity contribution in [2.24, 2.45) is 0 Å². The number of aromatic amines is 1. The largest absolute Gasteiger partial charge is 0.348 e. The van der Waals surface area contributed by atoms with Crippen LogP contribution in [0.25, 0.3) is 0 Å². The molecule has 0 unspecified atom stereocenters. The number of imidazole rings is 1. The monoisotopic (exact) mass is 389 g/mol. The number of carbonyl (C=O) groups is 2. The first-order valence-electron chi connectivity index (χ1n) is 9.97. The summed E-state index contributed by atoms with van der Waals surface area (Å²) in [4.78, 5) is 35.3. The molecule has 2 amide bonds. The van der Waals surface area contributed by atoms with Gasteiger partial charge in [0.1, 0.15) is 6.04 Å². The van der Waals surface area contributed by atoms with Crippen LogP contribution in [0.5, 0.6) is 0 Å². The molecule has 1 aromatic carbocycles. The highest BCUT2D eigenvalue weighted by atomic mass is 16.2. The summed E-state index contributed by atoms with van der Waals surface area (Å²) in [5.74, 6) is 0.141. The van der Waals surface area contributed by atoms with E-state index in [-0.39, 0.29) is 17.9 Å². The fraction of sp³-hybridized carbons (Fsp3) is 0.318. The topological polar surface area (TPSA) is 83.0 Å². The van der Waals surface area contributed by atoms with Gasteiger partial charge in [-0.2, -0.15) is 0 Å². The van der Waals surface area contributed by atoms with Crippen molar-refractivity contribution in [3.8, 4) is 0 Å². The van der Waals surface area contributed by atoms with Gasteiger partial charge in [0.15, 0.2) is 0 Å². The third-order valence-electron chi connectivity index (χ3n) is 6.29. The first-order valence-corrected chi connectivity index (χ1v) is 9.97. The first-order chi connectivity index (χ1) is 14.2. The van der Waals surface area contributed by atoms with Crippen molar-refractivity contribution in [1.29, 1.82) is 0 Å². The van der Waals surface area contributed by atoms with Crippen molar-refractivity contribution in [3.05, 3.63) is 72.6 Å². The number of nitrogens with one attached hydrogen (secondary N) is 2. The highest BCUT2D eigenvalue weighted by Gasteiger charge is 2.49. The SMILES string of the molecule is O=C([C@@H](Cc1cnc[nH]1)n1cccc1)N1CCC2(CC1)C(=O)Nc1ccccc12. The molecule has 5 rings (SSSR count). The lowest BCUT2D eigenvalue weighted by Crippen LogP contribution is -2.50. The molecule has 0 saturated carbocycles. The van der Waals surface area contributed by atoms with Crippen LogP contribution in [-0.2, 0) is 21.4 Å². The van der Waals surface area contributed by atoms with Crippen molar-refractivity contribution in [2.45, 2.75) is 30.7 Å². The third-order valence-corrected chi connectivity index (χ3v) is 6.29. The molecule has 2 aromatic heterocycles. The first kappa shape index (κ1) is 17.7. The summed E-state index contributed by atoms with van der Waals surface area (Å²) in [5.41, 5.74) is 2.38. The molecule has 1 spiro atoms. The fourth-order valence-corrected chi connectivity index (χ4v) is 4.67. The Labute approximate surface area is 168 Å². The van der Waals surface area contributed by atoms with E-state index in [0.717, 1.165) is 16.9 Å². The van der Waals surface area contributed by atoms with Crippen molar-refractivity contribution in [3.63, 3.8) is 0 Å². The van der Waals surface area contributed by atoms with E-state index in [0.29, 0.717) is 32.4 Å². The Morgan fingerprint density at radius 1 is 1.14 bits per heavy atom. The molecule has 1 fully saturated rings. The maximum atomic E-state index is 13.4.